The Morgan fingerprint density at radius 3 is 2.54 bits per heavy atom. The summed E-state index contributed by atoms with van der Waals surface area (Å²) in [6.45, 7) is 8.59. The number of esters is 1. The number of fused-ring (bicyclic) bond motifs is 1. The molecule has 0 spiro atoms. The van der Waals surface area contributed by atoms with Gasteiger partial charge in [-0.1, -0.05) is 18.6 Å². The van der Waals surface area contributed by atoms with Crippen LogP contribution in [-0.2, 0) is 16.1 Å². The van der Waals surface area contributed by atoms with Gasteiger partial charge in [0.25, 0.3) is 0 Å². The number of aryl methyl sites for hydroxylation is 3. The van der Waals surface area contributed by atoms with Crippen LogP contribution < -0.4 is 14.8 Å². The summed E-state index contributed by atoms with van der Waals surface area (Å²) in [6, 6.07) is 7.65. The Kier molecular flexibility index (Phi) is 7.98. The Labute approximate surface area is 237 Å². The zero-order valence-electron chi connectivity index (χ0n) is 23.1. The molecule has 1 aromatic heterocycles. The smallest absolute Gasteiger partial charge is 0.338 e. The third-order valence-electron chi connectivity index (χ3n) is 7.73. The van der Waals surface area contributed by atoms with Crippen molar-refractivity contribution in [2.45, 2.75) is 78.6 Å². The molecule has 1 saturated carbocycles. The molecule has 206 valence electrons. The molecule has 2 heterocycles. The molecule has 0 radical (unpaired) electrons. The second kappa shape index (κ2) is 11.4. The van der Waals surface area contributed by atoms with Crippen LogP contribution in [0.3, 0.4) is 0 Å². The summed E-state index contributed by atoms with van der Waals surface area (Å²) in [5.74, 6) is 1.38. The maximum Gasteiger partial charge on any atom is 0.338 e. The Hall–Kier alpha value is -3.33. The van der Waals surface area contributed by atoms with Gasteiger partial charge in [-0.2, -0.15) is 10.1 Å². The fourth-order valence-corrected chi connectivity index (χ4v) is 6.00. The average Bonchev–Trinajstić information content (AvgIpc) is 3.38. The second-order valence-corrected chi connectivity index (χ2v) is 11.3. The number of allylic oxidation sites excluding steroid dienone is 1. The average molecular weight is 596 g/mol. The molecule has 9 heteroatoms. The first kappa shape index (κ1) is 27.2. The van der Waals surface area contributed by atoms with Crippen molar-refractivity contribution in [1.82, 2.24) is 14.8 Å². The minimum atomic E-state index is -0.541. The van der Waals surface area contributed by atoms with Gasteiger partial charge in [-0.05, 0) is 109 Å². The lowest BCUT2D eigenvalue weighted by Crippen LogP contribution is -2.32. The number of hydrogen-bond acceptors (Lipinski definition) is 7. The van der Waals surface area contributed by atoms with Crippen LogP contribution in [0, 0.1) is 20.8 Å². The van der Waals surface area contributed by atoms with Crippen LogP contribution in [0.2, 0.25) is 0 Å². The number of benzene rings is 2. The van der Waals surface area contributed by atoms with Gasteiger partial charge in [0, 0.05) is 5.70 Å². The van der Waals surface area contributed by atoms with Crippen LogP contribution in [0.4, 0.5) is 5.95 Å². The summed E-state index contributed by atoms with van der Waals surface area (Å²) in [5, 5.41) is 7.67. The first-order valence-corrected chi connectivity index (χ1v) is 14.2. The molecular formula is C30H35BrN4O4. The quantitative estimate of drug-likeness (QED) is 0.304. The number of nitrogens with one attached hydrogen (secondary N) is 1. The number of rotatable bonds is 7. The lowest BCUT2D eigenvalue weighted by Gasteiger charge is -2.30. The van der Waals surface area contributed by atoms with E-state index in [-0.39, 0.29) is 12.1 Å². The van der Waals surface area contributed by atoms with Gasteiger partial charge in [-0.15, -0.1) is 0 Å². The Morgan fingerprint density at radius 1 is 1.05 bits per heavy atom. The minimum Gasteiger partial charge on any atom is -0.493 e. The molecule has 39 heavy (non-hydrogen) atoms. The molecule has 0 amide bonds. The molecule has 1 fully saturated rings. The van der Waals surface area contributed by atoms with E-state index in [0.29, 0.717) is 35.3 Å². The van der Waals surface area contributed by atoms with Crippen molar-refractivity contribution in [3.8, 4) is 11.5 Å². The van der Waals surface area contributed by atoms with Gasteiger partial charge in [0.1, 0.15) is 25.1 Å². The van der Waals surface area contributed by atoms with Crippen LogP contribution in [0.1, 0.15) is 72.9 Å². The highest BCUT2D eigenvalue weighted by Gasteiger charge is 2.36. The Morgan fingerprint density at radius 2 is 1.79 bits per heavy atom. The number of carbonyl (C=O) groups is 1. The van der Waals surface area contributed by atoms with E-state index in [9.17, 15) is 4.79 Å². The predicted octanol–water partition coefficient (Wildman–Crippen LogP) is 6.72. The van der Waals surface area contributed by atoms with Crippen LogP contribution in [0.5, 0.6) is 11.5 Å². The number of carbonyl (C=O) groups excluding carboxylic acids is 1. The van der Waals surface area contributed by atoms with E-state index < -0.39 is 6.04 Å². The van der Waals surface area contributed by atoms with Gasteiger partial charge in [0.05, 0.1) is 17.2 Å². The molecular weight excluding hydrogens is 560 g/mol. The zero-order valence-corrected chi connectivity index (χ0v) is 24.7. The molecule has 0 saturated heterocycles. The molecule has 0 bridgehead atoms. The lowest BCUT2D eigenvalue weighted by atomic mass is 9.94. The Balaban J connectivity index is 1.48. The van der Waals surface area contributed by atoms with Gasteiger partial charge < -0.3 is 19.5 Å². The van der Waals surface area contributed by atoms with E-state index in [2.05, 4.69) is 64.2 Å². The molecule has 1 aliphatic heterocycles. The number of hydrogen-bond donors (Lipinski definition) is 1. The van der Waals surface area contributed by atoms with E-state index in [1.807, 2.05) is 19.1 Å². The molecule has 3 aromatic rings. The number of nitrogens with zero attached hydrogens (tertiary/aromatic N) is 3. The first-order chi connectivity index (χ1) is 18.8. The number of anilines is 1. The van der Waals surface area contributed by atoms with Gasteiger partial charge >= 0.3 is 5.97 Å². The van der Waals surface area contributed by atoms with Crippen molar-refractivity contribution in [3.05, 3.63) is 74.2 Å². The van der Waals surface area contributed by atoms with Crippen molar-refractivity contribution < 1.29 is 19.0 Å². The topological polar surface area (TPSA) is 87.5 Å². The molecule has 5 rings (SSSR count). The fourth-order valence-electron chi connectivity index (χ4n) is 5.42. The maximum absolute atomic E-state index is 13.6. The van der Waals surface area contributed by atoms with Crippen LogP contribution >= 0.6 is 15.9 Å². The highest BCUT2D eigenvalue weighted by molar-refractivity contribution is 9.10. The minimum absolute atomic E-state index is 0.0599. The highest BCUT2D eigenvalue weighted by Crippen LogP contribution is 2.43. The van der Waals surface area contributed by atoms with Gasteiger partial charge in [-0.3, -0.25) is 0 Å². The molecule has 1 unspecified atom stereocenters. The molecule has 2 aliphatic rings. The van der Waals surface area contributed by atoms with Crippen molar-refractivity contribution in [3.63, 3.8) is 0 Å². The fraction of sp³-hybridized carbons (Fsp3) is 0.433. The Bertz CT molecular complexity index is 1420. The van der Waals surface area contributed by atoms with E-state index >= 15 is 0 Å². The van der Waals surface area contributed by atoms with Crippen molar-refractivity contribution in [2.75, 3.05) is 12.4 Å². The first-order valence-electron chi connectivity index (χ1n) is 13.4. The van der Waals surface area contributed by atoms with Crippen LogP contribution in [0.15, 0.2) is 46.3 Å². The third kappa shape index (κ3) is 5.55. The van der Waals surface area contributed by atoms with Crippen molar-refractivity contribution in [2.24, 2.45) is 0 Å². The number of aromatic nitrogens is 3. The zero-order chi connectivity index (χ0) is 27.7. The summed E-state index contributed by atoms with van der Waals surface area (Å²) in [5.41, 5.74) is 6.79. The van der Waals surface area contributed by atoms with Crippen molar-refractivity contribution in [1.29, 1.82) is 0 Å². The monoisotopic (exact) mass is 594 g/mol. The van der Waals surface area contributed by atoms with Crippen molar-refractivity contribution >= 4 is 27.8 Å². The standard InChI is InChI=1S/C30H35BrN4O4/c1-17-11-19(3)22(12-18(17)2)15-38-28-24(31)13-21(14-25(28)37-5)27-26(20(4)34-30-32-16-33-35(27)30)29(36)39-23-9-7-6-8-10-23/h11-14,16,23,27H,6-10,15H2,1-5H3,(H,32,33,34). The van der Waals surface area contributed by atoms with Gasteiger partial charge in [0.15, 0.2) is 11.5 Å². The van der Waals surface area contributed by atoms with E-state index in [1.54, 1.807) is 11.8 Å². The van der Waals surface area contributed by atoms with E-state index in [4.69, 9.17) is 14.2 Å². The second-order valence-electron chi connectivity index (χ2n) is 10.4. The third-order valence-corrected chi connectivity index (χ3v) is 8.32. The maximum atomic E-state index is 13.6. The predicted molar refractivity (Wildman–Crippen MR) is 153 cm³/mol. The number of ether oxygens (including phenoxy) is 3. The normalized spacial score (nSPS) is 17.4. The largest absolute Gasteiger partial charge is 0.493 e. The lowest BCUT2D eigenvalue weighted by molar-refractivity contribution is -0.146. The molecule has 8 nitrogen and oxygen atoms in total. The SMILES string of the molecule is COc1cc(C2C(C(=O)OC3CCCCC3)=C(C)Nc3ncnn32)cc(Br)c1OCc1cc(C)c(C)cc1C. The number of methoxy groups -OCH3 is 1. The summed E-state index contributed by atoms with van der Waals surface area (Å²) >= 11 is 3.71. The van der Waals surface area contributed by atoms with E-state index in [1.165, 1.54) is 29.4 Å². The molecule has 2 aromatic carbocycles. The molecule has 1 atom stereocenters. The summed E-state index contributed by atoms with van der Waals surface area (Å²) in [7, 11) is 1.61. The van der Waals surface area contributed by atoms with Gasteiger partial charge in [0.2, 0.25) is 5.95 Å². The van der Waals surface area contributed by atoms with Crippen LogP contribution in [0.25, 0.3) is 0 Å². The molecule has 1 N–H and O–H groups in total. The summed E-state index contributed by atoms with van der Waals surface area (Å²) in [6.07, 6.45) is 6.57. The molecule has 1 aliphatic carbocycles. The number of halogens is 1. The highest BCUT2D eigenvalue weighted by atomic mass is 79.9. The van der Waals surface area contributed by atoms with Crippen LogP contribution in [-0.4, -0.2) is 33.9 Å². The van der Waals surface area contributed by atoms with E-state index in [0.717, 1.165) is 41.3 Å². The summed E-state index contributed by atoms with van der Waals surface area (Å²) in [4.78, 5) is 17.9. The summed E-state index contributed by atoms with van der Waals surface area (Å²) < 4.78 is 20.5. The van der Waals surface area contributed by atoms with Gasteiger partial charge in [-0.25, -0.2) is 9.48 Å².